The zero-order chi connectivity index (χ0) is 16.1. The fraction of sp³-hybridized carbons (Fsp3) is 0.125. The van der Waals surface area contributed by atoms with Gasteiger partial charge in [-0.2, -0.15) is 0 Å². The third-order valence-electron chi connectivity index (χ3n) is 2.93. The Hall–Kier alpha value is -1.24. The number of carbonyl (C=O) groups is 1. The predicted octanol–water partition coefficient (Wildman–Crippen LogP) is 4.58. The van der Waals surface area contributed by atoms with Gasteiger partial charge >= 0.3 is 0 Å². The van der Waals surface area contributed by atoms with Gasteiger partial charge in [0.2, 0.25) is 0 Å². The highest BCUT2D eigenvalue weighted by Gasteiger charge is 2.13. The van der Waals surface area contributed by atoms with Gasteiger partial charge in [0.05, 0.1) is 5.69 Å². The number of rotatable bonds is 3. The summed E-state index contributed by atoms with van der Waals surface area (Å²) in [5, 5.41) is 5.76. The number of aryl methyl sites for hydroxylation is 1. The Labute approximate surface area is 151 Å². The summed E-state index contributed by atoms with van der Waals surface area (Å²) in [7, 11) is 0. The lowest BCUT2D eigenvalue weighted by Crippen LogP contribution is -2.33. The molecule has 1 amide bonds. The van der Waals surface area contributed by atoms with Crippen molar-refractivity contribution in [2.75, 3.05) is 5.32 Å². The van der Waals surface area contributed by atoms with Crippen molar-refractivity contribution in [2.24, 2.45) is 0 Å². The molecule has 2 aromatic rings. The first-order valence-corrected chi connectivity index (χ1v) is 8.55. The Balaban J connectivity index is 1.99. The van der Waals surface area contributed by atoms with Gasteiger partial charge in [-0.15, -0.1) is 0 Å². The van der Waals surface area contributed by atoms with Crippen molar-refractivity contribution in [3.8, 4) is 0 Å². The molecule has 114 valence electrons. The zero-order valence-corrected chi connectivity index (χ0v) is 15.8. The van der Waals surface area contributed by atoms with Gasteiger partial charge in [0, 0.05) is 15.5 Å². The van der Waals surface area contributed by atoms with Gasteiger partial charge in [-0.05, 0) is 62.0 Å². The molecule has 0 radical (unpaired) electrons. The van der Waals surface area contributed by atoms with Crippen LogP contribution in [0.15, 0.2) is 51.4 Å². The highest BCUT2D eigenvalue weighted by atomic mass is 79.9. The molecule has 0 saturated carbocycles. The van der Waals surface area contributed by atoms with Crippen LogP contribution in [-0.4, -0.2) is 10.9 Å². The van der Waals surface area contributed by atoms with Crippen LogP contribution in [0.3, 0.4) is 0 Å². The number of carbonyl (C=O) groups excluding carboxylic acids is 1. The number of nitrogens with one attached hydrogen (secondary N) is 2. The van der Waals surface area contributed by atoms with Crippen molar-refractivity contribution < 1.29 is 4.79 Å². The molecule has 0 bridgehead atoms. The van der Waals surface area contributed by atoms with Crippen molar-refractivity contribution in [2.45, 2.75) is 13.5 Å². The number of hydrogen-bond donors (Lipinski definition) is 2. The maximum atomic E-state index is 12.2. The normalized spacial score (nSPS) is 10.1. The molecular weight excluding hydrogens is 428 g/mol. The molecule has 0 aliphatic carbocycles. The van der Waals surface area contributed by atoms with E-state index in [0.29, 0.717) is 12.2 Å². The van der Waals surface area contributed by atoms with Gasteiger partial charge in [0.1, 0.15) is 0 Å². The number of anilines is 1. The molecule has 2 rings (SSSR count). The standard InChI is InChI=1S/C16H14Br2N2OS/c1-10-7-12(17)14(13(18)8-10)20-15(21)16(22)19-9-11-5-3-2-4-6-11/h2-8H,9H2,1H3,(H,19,22)(H,20,21). The summed E-state index contributed by atoms with van der Waals surface area (Å²) in [4.78, 5) is 12.3. The van der Waals surface area contributed by atoms with Crippen LogP contribution in [0.1, 0.15) is 11.1 Å². The van der Waals surface area contributed by atoms with E-state index in [4.69, 9.17) is 12.2 Å². The molecule has 0 aliphatic heterocycles. The quantitative estimate of drug-likeness (QED) is 0.685. The van der Waals surface area contributed by atoms with Gasteiger partial charge in [-0.25, -0.2) is 0 Å². The minimum atomic E-state index is -0.337. The first-order chi connectivity index (χ1) is 10.5. The van der Waals surface area contributed by atoms with Crippen LogP contribution in [0.5, 0.6) is 0 Å². The highest BCUT2D eigenvalue weighted by Crippen LogP contribution is 2.32. The van der Waals surface area contributed by atoms with E-state index in [1.54, 1.807) is 0 Å². The number of benzene rings is 2. The SMILES string of the molecule is Cc1cc(Br)c(NC(=O)C(=S)NCc2ccccc2)c(Br)c1. The lowest BCUT2D eigenvalue weighted by atomic mass is 10.2. The first kappa shape index (κ1) is 17.1. The third-order valence-corrected chi connectivity index (χ3v) is 4.51. The second-order valence-electron chi connectivity index (χ2n) is 4.73. The molecule has 0 aliphatic rings. The molecule has 6 heteroatoms. The summed E-state index contributed by atoms with van der Waals surface area (Å²) in [5.74, 6) is -0.337. The Morgan fingerprint density at radius 3 is 2.32 bits per heavy atom. The van der Waals surface area contributed by atoms with Crippen molar-refractivity contribution in [3.05, 3.63) is 62.5 Å². The summed E-state index contributed by atoms with van der Waals surface area (Å²) < 4.78 is 1.61. The van der Waals surface area contributed by atoms with E-state index < -0.39 is 0 Å². The van der Waals surface area contributed by atoms with E-state index in [1.165, 1.54) is 0 Å². The molecule has 0 heterocycles. The molecule has 3 nitrogen and oxygen atoms in total. The van der Waals surface area contributed by atoms with Crippen molar-refractivity contribution in [1.29, 1.82) is 0 Å². The smallest absolute Gasteiger partial charge is 0.283 e. The number of amides is 1. The average molecular weight is 442 g/mol. The second kappa shape index (κ2) is 7.85. The Morgan fingerprint density at radius 1 is 1.14 bits per heavy atom. The van der Waals surface area contributed by atoms with Crippen molar-refractivity contribution in [1.82, 2.24) is 5.32 Å². The van der Waals surface area contributed by atoms with Gasteiger partial charge in [-0.3, -0.25) is 4.79 Å². The molecule has 0 saturated heterocycles. The molecule has 0 fully saturated rings. The number of thiocarbonyl (C=S) groups is 1. The largest absolute Gasteiger partial charge is 0.368 e. The lowest BCUT2D eigenvalue weighted by Gasteiger charge is -2.12. The average Bonchev–Trinajstić information content (AvgIpc) is 2.49. The monoisotopic (exact) mass is 440 g/mol. The van der Waals surface area contributed by atoms with Crippen LogP contribution in [0.2, 0.25) is 0 Å². The summed E-state index contributed by atoms with van der Waals surface area (Å²) in [6, 6.07) is 13.6. The molecule has 0 atom stereocenters. The molecule has 0 aromatic heterocycles. The van der Waals surface area contributed by atoms with E-state index in [0.717, 1.165) is 20.1 Å². The van der Waals surface area contributed by atoms with E-state index in [9.17, 15) is 4.79 Å². The minimum absolute atomic E-state index is 0.156. The molecule has 0 spiro atoms. The van der Waals surface area contributed by atoms with E-state index >= 15 is 0 Å². The van der Waals surface area contributed by atoms with E-state index in [2.05, 4.69) is 42.5 Å². The summed E-state index contributed by atoms with van der Waals surface area (Å²) in [5.41, 5.74) is 2.82. The molecular formula is C16H14Br2N2OS. The van der Waals surface area contributed by atoms with Gasteiger partial charge in [0.15, 0.2) is 4.99 Å². The Kier molecular flexibility index (Phi) is 6.11. The maximum Gasteiger partial charge on any atom is 0.283 e. The van der Waals surface area contributed by atoms with Crippen molar-refractivity contribution >= 4 is 60.7 Å². The predicted molar refractivity (Wildman–Crippen MR) is 101 cm³/mol. The molecule has 2 aromatic carbocycles. The maximum absolute atomic E-state index is 12.2. The fourth-order valence-corrected chi connectivity index (χ4v) is 3.58. The lowest BCUT2D eigenvalue weighted by molar-refractivity contribution is -0.110. The van der Waals surface area contributed by atoms with Gasteiger partial charge in [-0.1, -0.05) is 42.5 Å². The molecule has 2 N–H and O–H groups in total. The van der Waals surface area contributed by atoms with E-state index in [1.807, 2.05) is 49.4 Å². The van der Waals surface area contributed by atoms with Crippen LogP contribution < -0.4 is 10.6 Å². The van der Waals surface area contributed by atoms with Crippen LogP contribution in [0.4, 0.5) is 5.69 Å². The van der Waals surface area contributed by atoms with Crippen molar-refractivity contribution in [3.63, 3.8) is 0 Å². The molecule has 22 heavy (non-hydrogen) atoms. The minimum Gasteiger partial charge on any atom is -0.368 e. The van der Waals surface area contributed by atoms with E-state index in [-0.39, 0.29) is 10.9 Å². The number of hydrogen-bond acceptors (Lipinski definition) is 2. The first-order valence-electron chi connectivity index (χ1n) is 6.56. The highest BCUT2D eigenvalue weighted by molar-refractivity contribution is 9.11. The molecule has 0 unspecified atom stereocenters. The summed E-state index contributed by atoms with van der Waals surface area (Å²) in [6.45, 7) is 2.50. The van der Waals surface area contributed by atoms with Crippen LogP contribution in [-0.2, 0) is 11.3 Å². The third kappa shape index (κ3) is 4.63. The number of halogens is 2. The summed E-state index contributed by atoms with van der Waals surface area (Å²) >= 11 is 12.0. The van der Waals surface area contributed by atoms with Gasteiger partial charge < -0.3 is 10.6 Å². The Morgan fingerprint density at radius 2 is 1.73 bits per heavy atom. The van der Waals surface area contributed by atoms with Crippen LogP contribution in [0.25, 0.3) is 0 Å². The zero-order valence-electron chi connectivity index (χ0n) is 11.8. The van der Waals surface area contributed by atoms with Crippen LogP contribution >= 0.6 is 44.1 Å². The topological polar surface area (TPSA) is 41.1 Å². The van der Waals surface area contributed by atoms with Gasteiger partial charge in [0.25, 0.3) is 5.91 Å². The second-order valence-corrected chi connectivity index (χ2v) is 6.84. The van der Waals surface area contributed by atoms with Crippen LogP contribution in [0, 0.1) is 6.92 Å². The Bertz CT molecular complexity index is 682. The summed E-state index contributed by atoms with van der Waals surface area (Å²) in [6.07, 6.45) is 0. The fourth-order valence-electron chi connectivity index (χ4n) is 1.85.